The van der Waals surface area contributed by atoms with Crippen LogP contribution >= 0.6 is 0 Å². The zero-order valence-corrected chi connectivity index (χ0v) is 83.6. The number of carbonyl (C=O) groups is 18. The van der Waals surface area contributed by atoms with Crippen LogP contribution in [-0.4, -0.2) is 283 Å². The lowest BCUT2D eigenvalue weighted by molar-refractivity contribution is -0.149. The first-order valence-electron chi connectivity index (χ1n) is 46.7. The lowest BCUT2D eigenvalue weighted by Crippen LogP contribution is -2.62. The number of hydrogen-bond donors (Lipinski definition) is 20. The number of ether oxygens (including phenoxy) is 7. The van der Waals surface area contributed by atoms with Crippen LogP contribution < -0.4 is 95.7 Å². The molecule has 14 atom stereocenters. The Labute approximate surface area is 807 Å². The largest absolute Gasteiger partial charge is 0.463 e. The number of hydrogen-bond acceptors (Lipinski definition) is 28. The van der Waals surface area contributed by atoms with Gasteiger partial charge in [0.2, 0.25) is 65.0 Å². The Morgan fingerprint density at radius 1 is 0.420 bits per heavy atom. The Morgan fingerprint density at radius 3 is 1.25 bits per heavy atom. The van der Waals surface area contributed by atoms with Crippen molar-refractivity contribution in [2.45, 2.75) is 348 Å². The van der Waals surface area contributed by atoms with E-state index in [0.29, 0.717) is 24.0 Å². The van der Waals surface area contributed by atoms with Gasteiger partial charge in [0.25, 0.3) is 0 Å². The molecule has 1 saturated heterocycles. The predicted octanol–water partition coefficient (Wildman–Crippen LogP) is 2.77. The predicted molar refractivity (Wildman–Crippen MR) is 505 cm³/mol. The van der Waals surface area contributed by atoms with Gasteiger partial charge in [0.1, 0.15) is 89.0 Å². The monoisotopic (exact) mass is 1950 g/mol. The summed E-state index contributed by atoms with van der Waals surface area (Å²) in [7, 11) is 0. The van der Waals surface area contributed by atoms with Crippen molar-refractivity contribution in [1.29, 1.82) is 0 Å². The molecule has 2 aromatic carbocycles. The minimum Gasteiger partial charge on any atom is -0.463 e. The van der Waals surface area contributed by atoms with Gasteiger partial charge >= 0.3 is 42.5 Å². The van der Waals surface area contributed by atoms with E-state index in [-0.39, 0.29) is 64.3 Å². The van der Waals surface area contributed by atoms with Crippen LogP contribution in [0.25, 0.3) is 0 Å². The molecule has 0 radical (unpaired) electrons. The Bertz CT molecular complexity index is 4300. The minimum atomic E-state index is -2.08. The Morgan fingerprint density at radius 2 is 0.804 bits per heavy atom. The lowest BCUT2D eigenvalue weighted by Gasteiger charge is -2.30. The van der Waals surface area contributed by atoms with E-state index in [2.05, 4.69) is 95.7 Å². The van der Waals surface area contributed by atoms with Crippen LogP contribution in [0.15, 0.2) is 60.7 Å². The molecule has 1 aliphatic heterocycles. The zero-order chi connectivity index (χ0) is 104. The van der Waals surface area contributed by atoms with Crippen molar-refractivity contribution in [3.63, 3.8) is 0 Å². The summed E-state index contributed by atoms with van der Waals surface area (Å²) in [6.07, 6.45) is -12.8. The molecule has 776 valence electrons. The van der Waals surface area contributed by atoms with E-state index in [1.54, 1.807) is 185 Å². The summed E-state index contributed by atoms with van der Waals surface area (Å²) >= 11 is 0. The fourth-order valence-corrected chi connectivity index (χ4v) is 13.2. The molecule has 20 N–H and O–H groups in total. The van der Waals surface area contributed by atoms with Gasteiger partial charge in [-0.3, -0.25) is 57.5 Å². The van der Waals surface area contributed by atoms with E-state index in [1.165, 1.54) is 0 Å². The highest BCUT2D eigenvalue weighted by Gasteiger charge is 2.40. The van der Waals surface area contributed by atoms with Crippen molar-refractivity contribution in [3.05, 3.63) is 71.8 Å². The van der Waals surface area contributed by atoms with Crippen LogP contribution in [0.3, 0.4) is 0 Å². The maximum atomic E-state index is 15.5. The number of nitrogens with one attached hydrogen (secondary N) is 18. The summed E-state index contributed by atoms with van der Waals surface area (Å²) in [5, 5.41) is 69.8. The molecule has 45 nitrogen and oxygen atoms in total. The van der Waals surface area contributed by atoms with Gasteiger partial charge in [-0.05, 0) is 199 Å². The number of amides is 17. The third-order valence-electron chi connectivity index (χ3n) is 19.6. The van der Waals surface area contributed by atoms with Crippen LogP contribution in [-0.2, 0) is 104 Å². The molecule has 0 saturated carbocycles. The molecule has 0 aromatic heterocycles. The van der Waals surface area contributed by atoms with E-state index >= 15 is 24.0 Å². The minimum absolute atomic E-state index is 0.109. The first kappa shape index (κ1) is 120. The summed E-state index contributed by atoms with van der Waals surface area (Å²) in [6, 6.07) is -1.55. The van der Waals surface area contributed by atoms with Gasteiger partial charge in [-0.2, -0.15) is 0 Å². The third-order valence-corrected chi connectivity index (χ3v) is 19.6. The zero-order valence-electron chi connectivity index (χ0n) is 83.6. The van der Waals surface area contributed by atoms with Crippen molar-refractivity contribution in [1.82, 2.24) is 95.7 Å². The van der Waals surface area contributed by atoms with E-state index < -0.39 is 292 Å². The third kappa shape index (κ3) is 52.2. The molecule has 0 spiro atoms. The topological polar surface area (TPSA) is 629 Å². The highest BCUT2D eigenvalue weighted by molar-refractivity contribution is 5.99. The summed E-state index contributed by atoms with van der Waals surface area (Å²) in [6.45, 7) is 29.7. The quantitative estimate of drug-likeness (QED) is 0.0336. The lowest BCUT2D eigenvalue weighted by atomic mass is 10.00. The number of aliphatic hydroxyl groups is 2. The number of rotatable bonds is 41. The summed E-state index contributed by atoms with van der Waals surface area (Å²) in [5.41, 5.74) is -3.95. The number of carbonyl (C=O) groups excluding carboxylic acids is 18. The highest BCUT2D eigenvalue weighted by atomic mass is 16.6. The molecule has 2 aromatic rings. The molecule has 45 heteroatoms. The van der Waals surface area contributed by atoms with Crippen LogP contribution in [0.2, 0.25) is 0 Å². The van der Waals surface area contributed by atoms with Crippen molar-refractivity contribution in [2.24, 2.45) is 5.92 Å². The molecule has 3 rings (SSSR count). The second-order valence-corrected chi connectivity index (χ2v) is 39.0. The second kappa shape index (κ2) is 59.0. The van der Waals surface area contributed by atoms with Gasteiger partial charge in [0.15, 0.2) is 0 Å². The second-order valence-electron chi connectivity index (χ2n) is 39.0. The average Bonchev–Trinajstić information content (AvgIpc) is 0.988. The van der Waals surface area contributed by atoms with E-state index in [0.717, 1.165) is 13.8 Å². The molecular formula is C93H152N18O27. The molecule has 1 fully saturated rings. The molecule has 1 aliphatic rings. The molecular weight excluding hydrogens is 1800 g/mol. The number of alkyl carbamates (subject to hydrolysis) is 6. The van der Waals surface area contributed by atoms with Gasteiger partial charge in [-0.25, -0.2) is 28.8 Å². The smallest absolute Gasteiger partial charge is 0.407 e. The SMILES string of the molecule is CCCC(C)OC(=O)CCC(=O)N[C@@H](CCNC(=O)OCc1ccccc1)C(=O)N[C@@H](CCNC(=O)OC(C)(C)C)C(=O)N[C@H](C(=O)N[C@@H](CCNC(=O)OC(C)(C)C)C(=O)N[C@H]1CCNC(=O)[C@H](C(C)O)NC(=O)[C@H](CCNC(=O)OC(C)(C)C)NC(=O)[C@H](CCNC(=O)OC(C)(C)C)NC(=O)[C@H](CC(C)C)NC(=O)[C@@H](Cc2ccccc2)NC(=O)[C@H](CCNC(=O)OC(C)(C)C)NC1)C(C)O. The normalized spacial score (nSPS) is 19.0. The summed E-state index contributed by atoms with van der Waals surface area (Å²) in [5.74, 6) is -12.8. The van der Waals surface area contributed by atoms with Crippen molar-refractivity contribution in [2.75, 3.05) is 52.4 Å². The van der Waals surface area contributed by atoms with Crippen LogP contribution in [0.1, 0.15) is 234 Å². The van der Waals surface area contributed by atoms with Crippen LogP contribution in [0.5, 0.6) is 0 Å². The van der Waals surface area contributed by atoms with Crippen LogP contribution in [0.4, 0.5) is 28.8 Å². The molecule has 0 aliphatic carbocycles. The molecule has 1 heterocycles. The van der Waals surface area contributed by atoms with Crippen LogP contribution in [0, 0.1) is 5.92 Å². The molecule has 3 unspecified atom stereocenters. The fraction of sp³-hybridized carbons (Fsp3) is 0.677. The van der Waals surface area contributed by atoms with Crippen molar-refractivity contribution in [3.8, 4) is 0 Å². The van der Waals surface area contributed by atoms with Crippen molar-refractivity contribution < 1.29 is 130 Å². The molecule has 138 heavy (non-hydrogen) atoms. The summed E-state index contributed by atoms with van der Waals surface area (Å²) < 4.78 is 37.9. The Balaban J connectivity index is 2.38. The Hall–Kier alpha value is -12.4. The van der Waals surface area contributed by atoms with E-state index in [4.69, 9.17) is 33.2 Å². The Kier molecular flexibility index (Phi) is 51.2. The standard InChI is InChI=1S/C93H152N18O27/c1-22-29-55(4)133-70(115)35-34-69(114)103-62(38-45-95-83(126)132-53-59-32-27-24-28-33-59)75(118)104-66(42-49-100-88(131)138-93(19,20)21)78(121)111-72(57(6)113)82(125)107-63(39-46-97-85(128)135-90(10,11)12)74(117)102-60-36-43-94-81(124)71(56(5)112)110-77(120)65(41-48-99-87(130)137-92(16,17)18)105-76(119)64(40-47-98-86(129)136-91(13,14)15)106-79(122)67(50-54(2)3)108-80(123)68(51-58-30-25-23-26-31-58)109-73(116)61(101-52-60)37-44-96-84(127)134-89(7,8)9/h23-28,30-33,54-57,60-68,71-72,101,112-113H,22,29,34-53H2,1-21H3,(H,94,124)(H,95,126)(H,96,127)(H,97,128)(H,98,129)(H,99,130)(H,100,131)(H,102,117)(H,103,114)(H,104,118)(H,105,119)(H,106,122)(H,107,125)(H,108,123)(H,109,116)(H,110,120)(H,111,121)/t55?,56?,57?,60-,61-,62-,63-,64-,65-,66-,67-,68+,71-,72-/m0/s1. The first-order chi connectivity index (χ1) is 64.3. The van der Waals surface area contributed by atoms with Gasteiger partial charge < -0.3 is 139 Å². The fourth-order valence-electron chi connectivity index (χ4n) is 13.2. The van der Waals surface area contributed by atoms with Gasteiger partial charge in [0, 0.05) is 71.2 Å². The van der Waals surface area contributed by atoms with Gasteiger partial charge in [-0.15, -0.1) is 0 Å². The summed E-state index contributed by atoms with van der Waals surface area (Å²) in [4.78, 5) is 256. The van der Waals surface area contributed by atoms with Crippen molar-refractivity contribution >= 4 is 108 Å². The van der Waals surface area contributed by atoms with Gasteiger partial charge in [-0.1, -0.05) is 87.9 Å². The maximum Gasteiger partial charge on any atom is 0.407 e. The molecule has 0 bridgehead atoms. The maximum absolute atomic E-state index is 15.5. The van der Waals surface area contributed by atoms with Gasteiger partial charge in [0.05, 0.1) is 30.8 Å². The number of benzene rings is 2. The first-order valence-corrected chi connectivity index (χ1v) is 46.7. The highest BCUT2D eigenvalue weighted by Crippen LogP contribution is 2.17. The number of aliphatic hydroxyl groups excluding tert-OH is 2. The van der Waals surface area contributed by atoms with E-state index in [9.17, 15) is 72.5 Å². The average molecular weight is 1950 g/mol. The van der Waals surface area contributed by atoms with E-state index in [1.807, 2.05) is 6.92 Å². The number of esters is 1. The molecule has 17 amide bonds.